The normalized spacial score (nSPS) is 15.4. The Morgan fingerprint density at radius 3 is 2.22 bits per heavy atom. The van der Waals surface area contributed by atoms with Gasteiger partial charge < -0.3 is 33.2 Å². The van der Waals surface area contributed by atoms with Crippen LogP contribution in [-0.2, 0) is 11.1 Å². The molecular weight excluding hydrogens is 385 g/mol. The van der Waals surface area contributed by atoms with E-state index in [1.54, 1.807) is 44.7 Å². The third-order valence-electron chi connectivity index (χ3n) is 4.29. The minimum Gasteiger partial charge on any atom is -0.449 e. The van der Waals surface area contributed by atoms with Crippen molar-refractivity contribution in [1.82, 2.24) is 4.90 Å². The van der Waals surface area contributed by atoms with Gasteiger partial charge in [-0.15, -0.1) is 0 Å². The van der Waals surface area contributed by atoms with Crippen molar-refractivity contribution in [2.45, 2.75) is 39.6 Å². The molecule has 0 aliphatic carbocycles. The number of carbonyl (C=O) groups excluding carboxylic acids is 1. The predicted octanol–water partition coefficient (Wildman–Crippen LogP) is 0.567. The van der Waals surface area contributed by atoms with Crippen molar-refractivity contribution in [1.29, 1.82) is 0 Å². The van der Waals surface area contributed by atoms with E-state index in [1.165, 1.54) is 0 Å². The third kappa shape index (κ3) is 7.49. The van der Waals surface area contributed by atoms with E-state index in [9.17, 15) is 17.7 Å². The predicted molar refractivity (Wildman–Crippen MR) is 98.4 cm³/mol. The zero-order chi connectivity index (χ0) is 19.7. The number of rotatable bonds is 3. The molecule has 1 aromatic rings. The van der Waals surface area contributed by atoms with Gasteiger partial charge in [0.25, 0.3) is 0 Å². The number of nitrogens with zero attached hydrogens (tertiary/aromatic N) is 2. The van der Waals surface area contributed by atoms with Gasteiger partial charge in [0.15, 0.2) is 0 Å². The van der Waals surface area contributed by atoms with Crippen LogP contribution in [0.5, 0.6) is 0 Å². The van der Waals surface area contributed by atoms with E-state index in [1.807, 2.05) is 4.90 Å². The average molecular weight is 411 g/mol. The molecule has 0 aromatic heterocycles. The van der Waals surface area contributed by atoms with Crippen LogP contribution in [0.25, 0.3) is 0 Å². The zero-order valence-corrected chi connectivity index (χ0v) is 19.8. The number of nitrogen functional groups attached to an aromatic ring is 1. The molecule has 1 heterocycles. The second-order valence-electron chi connectivity index (χ2n) is 7.69. The first kappa shape index (κ1) is 24.6. The molecule has 1 fully saturated rings. The first-order chi connectivity index (χ1) is 11.9. The van der Waals surface area contributed by atoms with Crippen LogP contribution in [0.4, 0.5) is 29.1 Å². The molecule has 1 aliphatic heterocycles. The van der Waals surface area contributed by atoms with Gasteiger partial charge in [-0.2, -0.15) is 0 Å². The molecule has 5 nitrogen and oxygen atoms in total. The molecule has 1 amide bonds. The minimum absolute atomic E-state index is 0. The standard InChI is InChI=1S/C17H26BF3N3O2.K/c1-12-13(11-18(19,20)21)9-14(10-15(12)22)23-5-7-24(8-6-23)16(25)26-17(2,3)4;/h9-10H,5-8,11,22H2,1-4H3;/q-1;+1. The van der Waals surface area contributed by atoms with E-state index in [4.69, 9.17) is 10.5 Å². The Balaban J connectivity index is 0.00000364. The van der Waals surface area contributed by atoms with Crippen molar-refractivity contribution >= 4 is 24.4 Å². The molecule has 1 aromatic carbocycles. The van der Waals surface area contributed by atoms with Crippen LogP contribution < -0.4 is 62.0 Å². The summed E-state index contributed by atoms with van der Waals surface area (Å²) in [4.78, 5) is 15.7. The SMILES string of the molecule is Cc1c(N)cc(N2CCN(C(=O)OC(C)(C)C)CC2)cc1C[B-](F)(F)F.[K+]. The first-order valence-corrected chi connectivity index (χ1v) is 8.68. The Morgan fingerprint density at radius 1 is 1.19 bits per heavy atom. The average Bonchev–Trinajstić information content (AvgIpc) is 2.49. The Morgan fingerprint density at radius 2 is 1.74 bits per heavy atom. The molecule has 27 heavy (non-hydrogen) atoms. The number of benzene rings is 1. The van der Waals surface area contributed by atoms with Gasteiger partial charge in [-0.05, 0) is 45.4 Å². The summed E-state index contributed by atoms with van der Waals surface area (Å²) < 4.78 is 43.9. The number of hydrogen-bond acceptors (Lipinski definition) is 4. The van der Waals surface area contributed by atoms with Crippen molar-refractivity contribution in [3.05, 3.63) is 23.3 Å². The number of piperazine rings is 1. The number of amides is 1. The number of ether oxygens (including phenoxy) is 1. The van der Waals surface area contributed by atoms with Crippen molar-refractivity contribution < 1.29 is 73.9 Å². The second kappa shape index (κ2) is 9.39. The second-order valence-corrected chi connectivity index (χ2v) is 7.69. The zero-order valence-electron chi connectivity index (χ0n) is 16.7. The first-order valence-electron chi connectivity index (χ1n) is 8.68. The van der Waals surface area contributed by atoms with E-state index in [0.717, 1.165) is 0 Å². The fourth-order valence-electron chi connectivity index (χ4n) is 2.90. The number of nitrogens with two attached hydrogens (primary N) is 1. The number of carbonyl (C=O) groups is 1. The van der Waals surface area contributed by atoms with Crippen LogP contribution in [0.15, 0.2) is 12.1 Å². The summed E-state index contributed by atoms with van der Waals surface area (Å²) in [5.74, 6) is 0. The summed E-state index contributed by atoms with van der Waals surface area (Å²) in [5, 5.41) is 0. The molecule has 0 atom stereocenters. The largest absolute Gasteiger partial charge is 1.00 e. The van der Waals surface area contributed by atoms with Gasteiger partial charge in [-0.3, -0.25) is 0 Å². The molecule has 0 bridgehead atoms. The Labute approximate surface area is 201 Å². The maximum Gasteiger partial charge on any atom is 1.00 e. The van der Waals surface area contributed by atoms with Crippen LogP contribution in [0.3, 0.4) is 0 Å². The summed E-state index contributed by atoms with van der Waals surface area (Å²) >= 11 is 0. The molecule has 2 rings (SSSR count). The molecule has 1 aliphatic rings. The Kier molecular flexibility index (Phi) is 8.56. The van der Waals surface area contributed by atoms with Crippen LogP contribution in [0, 0.1) is 6.92 Å². The van der Waals surface area contributed by atoms with Crippen LogP contribution in [-0.4, -0.2) is 49.8 Å². The van der Waals surface area contributed by atoms with Crippen molar-refractivity contribution in [3.8, 4) is 0 Å². The maximum absolute atomic E-state index is 12.9. The summed E-state index contributed by atoms with van der Waals surface area (Å²) in [6.07, 6.45) is -1.32. The van der Waals surface area contributed by atoms with E-state index in [0.29, 0.717) is 43.1 Å². The van der Waals surface area contributed by atoms with Crippen LogP contribution in [0.2, 0.25) is 0 Å². The quantitative estimate of drug-likeness (QED) is 0.584. The molecule has 2 N–H and O–H groups in total. The molecule has 10 heteroatoms. The van der Waals surface area contributed by atoms with Crippen molar-refractivity contribution in [2.24, 2.45) is 0 Å². The molecule has 1 saturated heterocycles. The van der Waals surface area contributed by atoms with E-state index in [-0.39, 0.29) is 63.0 Å². The fraction of sp³-hybridized carbons (Fsp3) is 0.588. The molecule has 0 radical (unpaired) electrons. The number of hydrogen-bond donors (Lipinski definition) is 1. The third-order valence-corrected chi connectivity index (χ3v) is 4.29. The van der Waals surface area contributed by atoms with E-state index < -0.39 is 18.9 Å². The van der Waals surface area contributed by atoms with Gasteiger partial charge in [0, 0.05) is 37.6 Å². The molecule has 0 unspecified atom stereocenters. The van der Waals surface area contributed by atoms with E-state index in [2.05, 4.69) is 0 Å². The molecule has 0 spiro atoms. The maximum atomic E-state index is 12.9. The molecule has 146 valence electrons. The Hall–Kier alpha value is -0.419. The monoisotopic (exact) mass is 411 g/mol. The summed E-state index contributed by atoms with van der Waals surface area (Å²) in [5.41, 5.74) is 7.05. The van der Waals surface area contributed by atoms with Crippen molar-refractivity contribution in [3.63, 3.8) is 0 Å². The van der Waals surface area contributed by atoms with E-state index >= 15 is 0 Å². The van der Waals surface area contributed by atoms with Gasteiger partial charge >= 0.3 is 64.5 Å². The molecule has 0 saturated carbocycles. The van der Waals surface area contributed by atoms with Gasteiger partial charge in [0.2, 0.25) is 0 Å². The smallest absolute Gasteiger partial charge is 0.449 e. The molecular formula is C17H26BF3KN3O2. The van der Waals surface area contributed by atoms with Gasteiger partial charge in [0.05, 0.1) is 0 Å². The summed E-state index contributed by atoms with van der Waals surface area (Å²) in [7, 11) is 0. The van der Waals surface area contributed by atoms with Gasteiger partial charge in [-0.1, -0.05) is 11.9 Å². The number of anilines is 2. The fourth-order valence-corrected chi connectivity index (χ4v) is 2.90. The van der Waals surface area contributed by atoms with Gasteiger partial charge in [-0.25, -0.2) is 4.79 Å². The van der Waals surface area contributed by atoms with Crippen LogP contribution >= 0.6 is 0 Å². The van der Waals surface area contributed by atoms with Crippen LogP contribution in [0.1, 0.15) is 31.9 Å². The topological polar surface area (TPSA) is 58.8 Å². The van der Waals surface area contributed by atoms with Crippen molar-refractivity contribution in [2.75, 3.05) is 36.8 Å². The summed E-state index contributed by atoms with van der Waals surface area (Å²) in [6, 6.07) is 3.26. The summed E-state index contributed by atoms with van der Waals surface area (Å²) in [6.45, 7) is 4.01. The Bertz CT molecular complexity index is 673. The number of halogens is 3. The van der Waals surface area contributed by atoms with Gasteiger partial charge in [0.1, 0.15) is 5.60 Å². The minimum atomic E-state index is -4.93.